The highest BCUT2D eigenvalue weighted by atomic mass is 35.5. The summed E-state index contributed by atoms with van der Waals surface area (Å²) in [6.07, 6.45) is 0.892. The number of fused-ring (bicyclic) bond motifs is 1. The van der Waals surface area contributed by atoms with Gasteiger partial charge < -0.3 is 14.2 Å². The first-order chi connectivity index (χ1) is 14.0. The van der Waals surface area contributed by atoms with E-state index in [1.165, 1.54) is 17.3 Å². The van der Waals surface area contributed by atoms with Gasteiger partial charge in [0.25, 0.3) is 0 Å². The minimum Gasteiger partial charge on any atom is -0.486 e. The van der Waals surface area contributed by atoms with E-state index in [1.807, 2.05) is 46.8 Å². The fourth-order valence-electron chi connectivity index (χ4n) is 3.42. The number of carbonyl (C=O) groups excluding carboxylic acids is 1. The van der Waals surface area contributed by atoms with Crippen molar-refractivity contribution in [2.45, 2.75) is 31.1 Å². The molecule has 1 unspecified atom stereocenters. The third-order valence-corrected chi connectivity index (χ3v) is 6.16. The smallest absolute Gasteiger partial charge is 0.237 e. The number of hydrogen-bond acceptors (Lipinski definition) is 5. The lowest BCUT2D eigenvalue weighted by molar-refractivity contribution is -0.116. The molecule has 150 valence electrons. The van der Waals surface area contributed by atoms with Gasteiger partial charge in [-0.3, -0.25) is 4.79 Å². The molecule has 2 aromatic carbocycles. The van der Waals surface area contributed by atoms with Crippen LogP contribution in [0, 0.1) is 0 Å². The van der Waals surface area contributed by atoms with Crippen LogP contribution in [0.3, 0.4) is 0 Å². The van der Waals surface area contributed by atoms with E-state index in [-0.39, 0.29) is 18.6 Å². The zero-order chi connectivity index (χ0) is 20.4. The molecule has 1 atom stereocenters. The number of anilines is 1. The van der Waals surface area contributed by atoms with Crippen LogP contribution in [0.5, 0.6) is 5.75 Å². The SMILES string of the molecule is CC1Cc2ccccc2N1C(=O)CSc1nnc(COc2ccc(Cl)cc2)n1C. The van der Waals surface area contributed by atoms with Crippen molar-refractivity contribution in [1.29, 1.82) is 0 Å². The van der Waals surface area contributed by atoms with E-state index in [0.717, 1.165) is 12.1 Å². The maximum absolute atomic E-state index is 12.9. The molecule has 3 aromatic rings. The number of rotatable bonds is 6. The topological polar surface area (TPSA) is 60.3 Å². The van der Waals surface area contributed by atoms with Gasteiger partial charge in [-0.2, -0.15) is 0 Å². The number of ether oxygens (including phenoxy) is 1. The van der Waals surface area contributed by atoms with E-state index >= 15 is 0 Å². The molecule has 6 nitrogen and oxygen atoms in total. The number of amides is 1. The lowest BCUT2D eigenvalue weighted by Gasteiger charge is -2.22. The van der Waals surface area contributed by atoms with E-state index in [4.69, 9.17) is 16.3 Å². The van der Waals surface area contributed by atoms with Crippen molar-refractivity contribution in [2.24, 2.45) is 7.05 Å². The van der Waals surface area contributed by atoms with E-state index in [9.17, 15) is 4.79 Å². The quantitative estimate of drug-likeness (QED) is 0.553. The molecule has 0 saturated carbocycles. The van der Waals surface area contributed by atoms with Gasteiger partial charge in [0.1, 0.15) is 12.4 Å². The fourth-order valence-corrected chi connectivity index (χ4v) is 4.33. The number of nitrogens with zero attached hydrogens (tertiary/aromatic N) is 4. The second kappa shape index (κ2) is 8.47. The normalized spacial score (nSPS) is 15.4. The summed E-state index contributed by atoms with van der Waals surface area (Å²) in [6, 6.07) is 15.4. The number of aromatic nitrogens is 3. The van der Waals surface area contributed by atoms with E-state index in [2.05, 4.69) is 23.2 Å². The first kappa shape index (κ1) is 19.8. The van der Waals surface area contributed by atoms with Crippen molar-refractivity contribution in [2.75, 3.05) is 10.7 Å². The zero-order valence-corrected chi connectivity index (χ0v) is 17.8. The summed E-state index contributed by atoms with van der Waals surface area (Å²) in [5.41, 5.74) is 2.24. The van der Waals surface area contributed by atoms with Gasteiger partial charge in [-0.25, -0.2) is 0 Å². The zero-order valence-electron chi connectivity index (χ0n) is 16.2. The Balaban J connectivity index is 1.37. The number of carbonyl (C=O) groups is 1. The average molecular weight is 429 g/mol. The Kier molecular flexibility index (Phi) is 5.78. The second-order valence-corrected chi connectivity index (χ2v) is 8.31. The number of benzene rings is 2. The predicted molar refractivity (Wildman–Crippen MR) is 115 cm³/mol. The Morgan fingerprint density at radius 3 is 2.76 bits per heavy atom. The van der Waals surface area contributed by atoms with Crippen LogP contribution < -0.4 is 9.64 Å². The Bertz CT molecular complexity index is 1020. The summed E-state index contributed by atoms with van der Waals surface area (Å²) in [7, 11) is 1.88. The van der Waals surface area contributed by atoms with Crippen molar-refractivity contribution >= 4 is 35.0 Å². The minimum atomic E-state index is 0.0782. The standard InChI is InChI=1S/C21H21ClN4O2S/c1-14-11-15-5-3-4-6-18(15)26(14)20(27)13-29-21-24-23-19(25(21)2)12-28-17-9-7-16(22)8-10-17/h3-10,14H,11-13H2,1-2H3. The van der Waals surface area contributed by atoms with E-state index < -0.39 is 0 Å². The highest BCUT2D eigenvalue weighted by Crippen LogP contribution is 2.32. The van der Waals surface area contributed by atoms with Crippen molar-refractivity contribution in [3.63, 3.8) is 0 Å². The van der Waals surface area contributed by atoms with Crippen molar-refractivity contribution in [3.05, 3.63) is 64.9 Å². The van der Waals surface area contributed by atoms with Gasteiger partial charge in [0.05, 0.1) is 5.75 Å². The van der Waals surface area contributed by atoms with Crippen molar-refractivity contribution in [1.82, 2.24) is 14.8 Å². The van der Waals surface area contributed by atoms with Crippen LogP contribution >= 0.6 is 23.4 Å². The van der Waals surface area contributed by atoms with Gasteiger partial charge in [-0.15, -0.1) is 10.2 Å². The summed E-state index contributed by atoms with van der Waals surface area (Å²) in [5.74, 6) is 1.79. The van der Waals surface area contributed by atoms with E-state index in [1.54, 1.807) is 12.1 Å². The highest BCUT2D eigenvalue weighted by Gasteiger charge is 2.30. The van der Waals surface area contributed by atoms with Gasteiger partial charge in [0.2, 0.25) is 5.91 Å². The molecule has 4 rings (SSSR count). The Morgan fingerprint density at radius 2 is 1.97 bits per heavy atom. The maximum Gasteiger partial charge on any atom is 0.237 e. The van der Waals surface area contributed by atoms with Crippen molar-refractivity contribution < 1.29 is 9.53 Å². The summed E-state index contributed by atoms with van der Waals surface area (Å²) in [5, 5.41) is 9.75. The monoisotopic (exact) mass is 428 g/mol. The van der Waals surface area contributed by atoms with E-state index in [0.29, 0.717) is 27.5 Å². The molecule has 0 N–H and O–H groups in total. The molecule has 1 aliphatic rings. The Labute approximate surface area is 178 Å². The van der Waals surface area contributed by atoms with Crippen LogP contribution in [0.1, 0.15) is 18.3 Å². The molecular weight excluding hydrogens is 408 g/mol. The number of para-hydroxylation sites is 1. The largest absolute Gasteiger partial charge is 0.486 e. The van der Waals surface area contributed by atoms with Crippen LogP contribution in [0.4, 0.5) is 5.69 Å². The molecule has 1 aromatic heterocycles. The van der Waals surface area contributed by atoms with Gasteiger partial charge >= 0.3 is 0 Å². The van der Waals surface area contributed by atoms with Crippen LogP contribution in [0.15, 0.2) is 53.7 Å². The highest BCUT2D eigenvalue weighted by molar-refractivity contribution is 7.99. The molecule has 8 heteroatoms. The minimum absolute atomic E-state index is 0.0782. The summed E-state index contributed by atoms with van der Waals surface area (Å²) < 4.78 is 7.59. The molecular formula is C21H21ClN4O2S. The van der Waals surface area contributed by atoms with Gasteiger partial charge in [0, 0.05) is 23.8 Å². The van der Waals surface area contributed by atoms with Crippen LogP contribution in [0.2, 0.25) is 5.02 Å². The Hall–Kier alpha value is -2.51. The van der Waals surface area contributed by atoms with Gasteiger partial charge in [0.15, 0.2) is 11.0 Å². The first-order valence-electron chi connectivity index (χ1n) is 9.32. The molecule has 1 aliphatic heterocycles. The van der Waals surface area contributed by atoms with Gasteiger partial charge in [-0.05, 0) is 49.2 Å². The molecule has 0 fully saturated rings. The number of halogens is 1. The fraction of sp³-hybridized carbons (Fsp3) is 0.286. The Morgan fingerprint density at radius 1 is 1.21 bits per heavy atom. The molecule has 0 bridgehead atoms. The summed E-state index contributed by atoms with van der Waals surface area (Å²) in [6.45, 7) is 2.37. The molecule has 1 amide bonds. The van der Waals surface area contributed by atoms with Crippen molar-refractivity contribution in [3.8, 4) is 5.75 Å². The maximum atomic E-state index is 12.9. The molecule has 2 heterocycles. The second-order valence-electron chi connectivity index (χ2n) is 6.93. The molecule has 0 spiro atoms. The summed E-state index contributed by atoms with van der Waals surface area (Å²) >= 11 is 7.27. The number of thioether (sulfide) groups is 1. The molecule has 0 saturated heterocycles. The summed E-state index contributed by atoms with van der Waals surface area (Å²) in [4.78, 5) is 14.8. The molecule has 0 aliphatic carbocycles. The first-order valence-corrected chi connectivity index (χ1v) is 10.7. The third-order valence-electron chi connectivity index (χ3n) is 4.91. The predicted octanol–water partition coefficient (Wildman–Crippen LogP) is 4.12. The average Bonchev–Trinajstić information content (AvgIpc) is 3.24. The van der Waals surface area contributed by atoms with Crippen LogP contribution in [0.25, 0.3) is 0 Å². The van der Waals surface area contributed by atoms with Crippen LogP contribution in [-0.4, -0.2) is 32.5 Å². The molecule has 29 heavy (non-hydrogen) atoms. The lowest BCUT2D eigenvalue weighted by Crippen LogP contribution is -2.37. The lowest BCUT2D eigenvalue weighted by atomic mass is 10.1. The third kappa shape index (κ3) is 4.26. The number of hydrogen-bond donors (Lipinski definition) is 0. The molecule has 0 radical (unpaired) electrons. The van der Waals surface area contributed by atoms with Gasteiger partial charge in [-0.1, -0.05) is 41.6 Å². The van der Waals surface area contributed by atoms with Crippen LogP contribution in [-0.2, 0) is 24.9 Å².